The topological polar surface area (TPSA) is 176 Å². The fourth-order valence-corrected chi connectivity index (χ4v) is 3.92. The van der Waals surface area contributed by atoms with Crippen LogP contribution in [-0.4, -0.2) is 59.6 Å². The van der Waals surface area contributed by atoms with Crippen LogP contribution in [0.25, 0.3) is 0 Å². The zero-order valence-electron chi connectivity index (χ0n) is 20.3. The Morgan fingerprint density at radius 3 is 2.43 bits per heavy atom. The molecule has 1 fully saturated rings. The summed E-state index contributed by atoms with van der Waals surface area (Å²) in [5, 5.41) is 15.6. The Bertz CT molecular complexity index is 1330. The fourth-order valence-electron chi connectivity index (χ4n) is 3.92. The van der Waals surface area contributed by atoms with Gasteiger partial charge in [0.15, 0.2) is 11.6 Å². The molecule has 0 atom stereocenters. The van der Waals surface area contributed by atoms with Crippen LogP contribution in [0.2, 0.25) is 0 Å². The molecule has 1 aliphatic rings. The molecule has 190 valence electrons. The van der Waals surface area contributed by atoms with Crippen LogP contribution in [0.5, 0.6) is 5.75 Å². The number of piperazine rings is 1. The fraction of sp³-hybridized carbons (Fsp3) is 0.240. The number of likely N-dealkylation sites (N-methyl/N-ethyl adjacent to an activating group) is 1. The minimum absolute atomic E-state index is 0.161. The lowest BCUT2D eigenvalue weighted by Gasteiger charge is -2.35. The van der Waals surface area contributed by atoms with E-state index in [1.807, 2.05) is 12.1 Å². The number of nitriles is 1. The predicted octanol–water partition coefficient (Wildman–Crippen LogP) is 2.53. The molecule has 3 aromatic rings. The number of carbonyl (C=O) groups excluding carboxylic acids is 2. The minimum Gasteiger partial charge on any atom is -0.408 e. The van der Waals surface area contributed by atoms with Gasteiger partial charge in [-0.25, -0.2) is 9.78 Å². The normalized spacial score (nSPS) is 13.5. The van der Waals surface area contributed by atoms with Gasteiger partial charge in [0.1, 0.15) is 11.6 Å². The van der Waals surface area contributed by atoms with Gasteiger partial charge in [0.2, 0.25) is 11.9 Å². The molecule has 4 rings (SSSR count). The van der Waals surface area contributed by atoms with E-state index >= 15 is 0 Å². The first-order chi connectivity index (χ1) is 17.9. The van der Waals surface area contributed by atoms with Gasteiger partial charge in [-0.1, -0.05) is 6.92 Å². The maximum Gasteiger partial charge on any atom is 0.410 e. The van der Waals surface area contributed by atoms with E-state index in [-0.39, 0.29) is 23.1 Å². The molecule has 1 aromatic heterocycles. The molecule has 12 nitrogen and oxygen atoms in total. The Morgan fingerprint density at radius 2 is 1.81 bits per heavy atom. The Kier molecular flexibility index (Phi) is 7.65. The third-order valence-electron chi connectivity index (χ3n) is 5.95. The average molecular weight is 502 g/mol. The summed E-state index contributed by atoms with van der Waals surface area (Å²) in [7, 11) is 0. The summed E-state index contributed by atoms with van der Waals surface area (Å²) in [6, 6.07) is 13.9. The van der Waals surface area contributed by atoms with Crippen molar-refractivity contribution in [1.29, 1.82) is 5.26 Å². The number of rotatable bonds is 8. The molecule has 1 saturated heterocycles. The number of aromatic nitrogens is 2. The molecule has 2 aromatic carbocycles. The second kappa shape index (κ2) is 11.2. The number of nitrogens with zero attached hydrogens (tertiary/aromatic N) is 5. The molecule has 0 radical (unpaired) electrons. The van der Waals surface area contributed by atoms with Gasteiger partial charge >= 0.3 is 6.09 Å². The van der Waals surface area contributed by atoms with Gasteiger partial charge in [-0.2, -0.15) is 10.2 Å². The zero-order chi connectivity index (χ0) is 26.4. The summed E-state index contributed by atoms with van der Waals surface area (Å²) >= 11 is 0. The van der Waals surface area contributed by atoms with Gasteiger partial charge in [0.05, 0.1) is 11.9 Å². The highest BCUT2D eigenvalue weighted by Gasteiger charge is 2.19. The van der Waals surface area contributed by atoms with Gasteiger partial charge in [-0.15, -0.1) is 0 Å². The molecule has 2 heterocycles. The Labute approximate surface area is 213 Å². The number of carbonyl (C=O) groups is 2. The van der Waals surface area contributed by atoms with Crippen LogP contribution < -0.4 is 31.7 Å². The van der Waals surface area contributed by atoms with Crippen LogP contribution in [-0.2, 0) is 0 Å². The van der Waals surface area contributed by atoms with Gasteiger partial charge in [0.25, 0.3) is 0 Å². The summed E-state index contributed by atoms with van der Waals surface area (Å²) in [5.74, 6) is 0.0944. The third-order valence-corrected chi connectivity index (χ3v) is 5.95. The quantitative estimate of drug-likeness (QED) is 0.359. The van der Waals surface area contributed by atoms with Crippen molar-refractivity contribution in [3.8, 4) is 11.8 Å². The van der Waals surface area contributed by atoms with Crippen molar-refractivity contribution in [2.45, 2.75) is 6.92 Å². The van der Waals surface area contributed by atoms with Crippen LogP contribution in [0.1, 0.15) is 22.8 Å². The highest BCUT2D eigenvalue weighted by Crippen LogP contribution is 2.33. The van der Waals surface area contributed by atoms with E-state index in [1.54, 1.807) is 36.4 Å². The Morgan fingerprint density at radius 1 is 1.08 bits per heavy atom. The van der Waals surface area contributed by atoms with E-state index < -0.39 is 12.0 Å². The molecule has 37 heavy (non-hydrogen) atoms. The lowest BCUT2D eigenvalue weighted by molar-refractivity contribution is 0.1000. The smallest absolute Gasteiger partial charge is 0.408 e. The molecule has 0 aliphatic carbocycles. The summed E-state index contributed by atoms with van der Waals surface area (Å²) < 4.78 is 5.27. The molecule has 0 unspecified atom stereocenters. The summed E-state index contributed by atoms with van der Waals surface area (Å²) in [5.41, 5.74) is 13.1. The molecule has 0 bridgehead atoms. The minimum atomic E-state index is -0.946. The molecule has 0 spiro atoms. The van der Waals surface area contributed by atoms with Gasteiger partial charge < -0.3 is 36.6 Å². The first kappa shape index (κ1) is 25.2. The molecule has 1 aliphatic heterocycles. The Hall–Kier alpha value is -4.89. The Balaban J connectivity index is 1.57. The first-order valence-electron chi connectivity index (χ1n) is 11.7. The first-order valence-corrected chi connectivity index (χ1v) is 11.7. The lowest BCUT2D eigenvalue weighted by Crippen LogP contribution is -2.46. The van der Waals surface area contributed by atoms with E-state index in [0.717, 1.165) is 38.4 Å². The van der Waals surface area contributed by atoms with E-state index in [9.17, 15) is 14.9 Å². The molecule has 2 amide bonds. The maximum absolute atomic E-state index is 11.6. The standard InChI is InChI=1S/C25H27N9O3/c1-2-33-9-11-34(12-10-33)19-7-8-20(21(13-19)37-24(28)36)31-25-29-15-17(14-26)23(32-25)30-18-5-3-16(4-6-18)22(27)35/h3-8,13,15H,2,9-12H2,1H3,(H2,27,35)(H2,28,36)(H2,29,30,31,32). The molecule has 6 N–H and O–H groups in total. The number of nitrogens with two attached hydrogens (primary N) is 2. The van der Waals surface area contributed by atoms with E-state index in [1.165, 1.54) is 6.20 Å². The highest BCUT2D eigenvalue weighted by atomic mass is 16.5. The van der Waals surface area contributed by atoms with Crippen LogP contribution in [0, 0.1) is 11.3 Å². The van der Waals surface area contributed by atoms with E-state index in [4.69, 9.17) is 16.2 Å². The van der Waals surface area contributed by atoms with Gasteiger partial charge in [-0.05, 0) is 42.9 Å². The number of anilines is 5. The molecule has 0 saturated carbocycles. The van der Waals surface area contributed by atoms with Gasteiger partial charge in [0, 0.05) is 49.2 Å². The summed E-state index contributed by atoms with van der Waals surface area (Å²) in [6.45, 7) is 6.74. The van der Waals surface area contributed by atoms with Crippen molar-refractivity contribution in [3.05, 3.63) is 59.8 Å². The van der Waals surface area contributed by atoms with Crippen LogP contribution >= 0.6 is 0 Å². The maximum atomic E-state index is 11.6. The second-order valence-electron chi connectivity index (χ2n) is 8.28. The average Bonchev–Trinajstić information content (AvgIpc) is 2.90. The molecular weight excluding hydrogens is 474 g/mol. The van der Waals surface area contributed by atoms with Crippen LogP contribution in [0.15, 0.2) is 48.7 Å². The predicted molar refractivity (Wildman–Crippen MR) is 139 cm³/mol. The molecular formula is C25H27N9O3. The summed E-state index contributed by atoms with van der Waals surface area (Å²) in [6.07, 6.45) is 0.421. The number of primary amides is 2. The number of amides is 2. The van der Waals surface area contributed by atoms with Crippen molar-refractivity contribution in [2.24, 2.45) is 11.5 Å². The van der Waals surface area contributed by atoms with E-state index in [0.29, 0.717) is 16.9 Å². The third kappa shape index (κ3) is 6.22. The van der Waals surface area contributed by atoms with Crippen LogP contribution in [0.3, 0.4) is 0 Å². The number of hydrogen-bond donors (Lipinski definition) is 4. The lowest BCUT2D eigenvalue weighted by atomic mass is 10.2. The monoisotopic (exact) mass is 501 g/mol. The van der Waals surface area contributed by atoms with Crippen molar-refractivity contribution in [3.63, 3.8) is 0 Å². The van der Waals surface area contributed by atoms with Crippen molar-refractivity contribution in [2.75, 3.05) is 48.3 Å². The SMILES string of the molecule is CCN1CCN(c2ccc(Nc3ncc(C#N)c(Nc4ccc(C(N)=O)cc4)n3)c(OC(N)=O)c2)CC1. The second-order valence-corrected chi connectivity index (χ2v) is 8.28. The van der Waals surface area contributed by atoms with Crippen molar-refractivity contribution >= 4 is 40.8 Å². The molecule has 12 heteroatoms. The van der Waals surface area contributed by atoms with Crippen molar-refractivity contribution in [1.82, 2.24) is 14.9 Å². The van der Waals surface area contributed by atoms with Crippen LogP contribution in [0.4, 0.5) is 33.6 Å². The number of ether oxygens (including phenoxy) is 1. The van der Waals surface area contributed by atoms with Crippen molar-refractivity contribution < 1.29 is 14.3 Å². The summed E-state index contributed by atoms with van der Waals surface area (Å²) in [4.78, 5) is 36.1. The zero-order valence-corrected chi connectivity index (χ0v) is 20.3. The number of hydrogen-bond acceptors (Lipinski definition) is 10. The number of nitrogens with one attached hydrogen (secondary N) is 2. The van der Waals surface area contributed by atoms with E-state index in [2.05, 4.69) is 37.3 Å². The largest absolute Gasteiger partial charge is 0.410 e. The van der Waals surface area contributed by atoms with Gasteiger partial charge in [-0.3, -0.25) is 4.79 Å². The number of benzene rings is 2. The highest BCUT2D eigenvalue weighted by molar-refractivity contribution is 5.93.